The van der Waals surface area contributed by atoms with Crippen molar-refractivity contribution < 1.29 is 9.53 Å². The van der Waals surface area contributed by atoms with Crippen molar-refractivity contribution in [3.8, 4) is 0 Å². The molecule has 1 fully saturated rings. The second-order valence-electron chi connectivity index (χ2n) is 4.76. The zero-order valence-electron chi connectivity index (χ0n) is 10.7. The van der Waals surface area contributed by atoms with Crippen LogP contribution in [0.3, 0.4) is 0 Å². The average Bonchev–Trinajstić information content (AvgIpc) is 2.39. The van der Waals surface area contributed by atoms with Crippen LogP contribution in [0.4, 0.5) is 5.69 Å². The fraction of sp³-hybridized carbons (Fsp3) is 0.500. The van der Waals surface area contributed by atoms with Gasteiger partial charge >= 0.3 is 0 Å². The van der Waals surface area contributed by atoms with Gasteiger partial charge in [-0.25, -0.2) is 0 Å². The van der Waals surface area contributed by atoms with Crippen LogP contribution in [0.5, 0.6) is 0 Å². The van der Waals surface area contributed by atoms with E-state index in [1.165, 1.54) is 0 Å². The molecule has 1 aromatic rings. The highest BCUT2D eigenvalue weighted by molar-refractivity contribution is 5.94. The van der Waals surface area contributed by atoms with Crippen LogP contribution in [0.15, 0.2) is 24.3 Å². The Balaban J connectivity index is 1.97. The molecule has 1 amide bonds. The van der Waals surface area contributed by atoms with Crippen LogP contribution in [-0.4, -0.2) is 18.1 Å². The van der Waals surface area contributed by atoms with Crippen molar-refractivity contribution in [2.45, 2.75) is 44.9 Å². The van der Waals surface area contributed by atoms with Crippen LogP contribution >= 0.6 is 0 Å². The summed E-state index contributed by atoms with van der Waals surface area (Å²) in [5.74, 6) is -0.0595. The van der Waals surface area contributed by atoms with Crippen molar-refractivity contribution in [2.24, 2.45) is 5.73 Å². The fourth-order valence-electron chi connectivity index (χ4n) is 2.20. The predicted octanol–water partition coefficient (Wildman–Crippen LogP) is 2.04. The molecule has 2 rings (SSSR count). The molecule has 0 aliphatic carbocycles. The van der Waals surface area contributed by atoms with Gasteiger partial charge in [-0.1, -0.05) is 12.1 Å². The van der Waals surface area contributed by atoms with Gasteiger partial charge in [0.05, 0.1) is 6.10 Å². The molecule has 1 saturated heterocycles. The average molecular weight is 248 g/mol. The number of hydrogen-bond donors (Lipinski definition) is 2. The number of hydrogen-bond acceptors (Lipinski definition) is 3. The predicted molar refractivity (Wildman–Crippen MR) is 71.1 cm³/mol. The highest BCUT2D eigenvalue weighted by atomic mass is 16.5. The van der Waals surface area contributed by atoms with Crippen LogP contribution in [-0.2, 0) is 16.1 Å². The van der Waals surface area contributed by atoms with Crippen LogP contribution in [0, 0.1) is 0 Å². The quantitative estimate of drug-likeness (QED) is 0.860. The van der Waals surface area contributed by atoms with Crippen molar-refractivity contribution >= 4 is 11.6 Å². The number of carbonyl (C=O) groups is 1. The smallest absolute Gasteiger partial charge is 0.253 e. The van der Waals surface area contributed by atoms with Crippen LogP contribution in [0.1, 0.15) is 31.7 Å². The molecule has 0 saturated carbocycles. The van der Waals surface area contributed by atoms with Crippen LogP contribution in [0.2, 0.25) is 0 Å². The molecule has 1 aromatic carbocycles. The van der Waals surface area contributed by atoms with Gasteiger partial charge in [0.15, 0.2) is 0 Å². The monoisotopic (exact) mass is 248 g/mol. The molecule has 18 heavy (non-hydrogen) atoms. The van der Waals surface area contributed by atoms with Gasteiger partial charge in [-0.15, -0.1) is 0 Å². The Kier molecular flexibility index (Phi) is 4.33. The number of benzene rings is 1. The van der Waals surface area contributed by atoms with Gasteiger partial charge in [-0.3, -0.25) is 4.79 Å². The molecule has 0 radical (unpaired) electrons. The largest absolute Gasteiger partial charge is 0.365 e. The maximum absolute atomic E-state index is 12.0. The molecule has 4 nitrogen and oxygen atoms in total. The SMILES string of the molecule is C[C@H]1CCC[C@H](C(=O)Nc2cccc(CN)c2)O1. The van der Waals surface area contributed by atoms with Gasteiger partial charge in [0.2, 0.25) is 0 Å². The Morgan fingerprint density at radius 1 is 1.50 bits per heavy atom. The third kappa shape index (κ3) is 3.31. The van der Waals surface area contributed by atoms with E-state index >= 15 is 0 Å². The summed E-state index contributed by atoms with van der Waals surface area (Å²) in [5.41, 5.74) is 7.36. The van der Waals surface area contributed by atoms with E-state index in [1.54, 1.807) is 0 Å². The zero-order valence-corrected chi connectivity index (χ0v) is 10.7. The lowest BCUT2D eigenvalue weighted by Gasteiger charge is -2.26. The first-order chi connectivity index (χ1) is 8.69. The number of ether oxygens (including phenoxy) is 1. The summed E-state index contributed by atoms with van der Waals surface area (Å²) in [5, 5.41) is 2.89. The van der Waals surface area contributed by atoms with E-state index in [2.05, 4.69) is 5.32 Å². The van der Waals surface area contributed by atoms with Crippen molar-refractivity contribution in [2.75, 3.05) is 5.32 Å². The van der Waals surface area contributed by atoms with E-state index < -0.39 is 0 Å². The Labute approximate surface area is 108 Å². The first-order valence-electron chi connectivity index (χ1n) is 6.44. The highest BCUT2D eigenvalue weighted by Crippen LogP contribution is 2.20. The standard InChI is InChI=1S/C14H20N2O2/c1-10-4-2-7-13(18-10)14(17)16-12-6-3-5-11(8-12)9-15/h3,5-6,8,10,13H,2,4,7,9,15H2,1H3,(H,16,17)/t10-,13+/m0/s1. The highest BCUT2D eigenvalue weighted by Gasteiger charge is 2.25. The Hall–Kier alpha value is -1.39. The summed E-state index contributed by atoms with van der Waals surface area (Å²) in [6, 6.07) is 7.59. The number of amides is 1. The van der Waals surface area contributed by atoms with Gasteiger partial charge in [0.1, 0.15) is 6.10 Å². The molecule has 0 bridgehead atoms. The molecule has 0 unspecified atom stereocenters. The molecule has 1 heterocycles. The Morgan fingerprint density at radius 3 is 3.06 bits per heavy atom. The molecule has 4 heteroatoms. The maximum Gasteiger partial charge on any atom is 0.253 e. The second-order valence-corrected chi connectivity index (χ2v) is 4.76. The lowest BCUT2D eigenvalue weighted by molar-refractivity contribution is -0.134. The third-order valence-corrected chi connectivity index (χ3v) is 3.20. The molecule has 0 aromatic heterocycles. The number of nitrogens with two attached hydrogens (primary N) is 1. The Morgan fingerprint density at radius 2 is 2.33 bits per heavy atom. The van der Waals surface area contributed by atoms with Gasteiger partial charge in [-0.2, -0.15) is 0 Å². The number of rotatable bonds is 3. The number of anilines is 1. The fourth-order valence-corrected chi connectivity index (χ4v) is 2.20. The number of nitrogens with one attached hydrogen (secondary N) is 1. The molecule has 1 aliphatic heterocycles. The summed E-state index contributed by atoms with van der Waals surface area (Å²) in [6.45, 7) is 2.48. The van der Waals surface area contributed by atoms with E-state index in [9.17, 15) is 4.79 Å². The van der Waals surface area contributed by atoms with Crippen molar-refractivity contribution in [3.63, 3.8) is 0 Å². The topological polar surface area (TPSA) is 64.4 Å². The maximum atomic E-state index is 12.0. The molecule has 2 atom stereocenters. The molecule has 0 spiro atoms. The van der Waals surface area contributed by atoms with Crippen LogP contribution < -0.4 is 11.1 Å². The summed E-state index contributed by atoms with van der Waals surface area (Å²) in [6.07, 6.45) is 2.72. The molecule has 1 aliphatic rings. The first kappa shape index (κ1) is 13.1. The van der Waals surface area contributed by atoms with Crippen molar-refractivity contribution in [3.05, 3.63) is 29.8 Å². The number of carbonyl (C=O) groups excluding carboxylic acids is 1. The lowest BCUT2D eigenvalue weighted by atomic mass is 10.0. The molecule has 98 valence electrons. The van der Waals surface area contributed by atoms with Crippen molar-refractivity contribution in [1.82, 2.24) is 0 Å². The summed E-state index contributed by atoms with van der Waals surface area (Å²) in [7, 11) is 0. The zero-order chi connectivity index (χ0) is 13.0. The van der Waals surface area contributed by atoms with Gasteiger partial charge in [0, 0.05) is 12.2 Å². The van der Waals surface area contributed by atoms with E-state index in [-0.39, 0.29) is 18.1 Å². The molecular formula is C14H20N2O2. The third-order valence-electron chi connectivity index (χ3n) is 3.20. The molecule has 3 N–H and O–H groups in total. The Bertz CT molecular complexity index is 420. The minimum atomic E-state index is -0.324. The second kappa shape index (κ2) is 5.98. The minimum Gasteiger partial charge on any atom is -0.365 e. The van der Waals surface area contributed by atoms with E-state index in [4.69, 9.17) is 10.5 Å². The van der Waals surface area contributed by atoms with E-state index in [0.29, 0.717) is 6.54 Å². The van der Waals surface area contributed by atoms with E-state index in [1.807, 2.05) is 31.2 Å². The van der Waals surface area contributed by atoms with Crippen molar-refractivity contribution in [1.29, 1.82) is 0 Å². The first-order valence-corrected chi connectivity index (χ1v) is 6.44. The lowest BCUT2D eigenvalue weighted by Crippen LogP contribution is -2.36. The minimum absolute atomic E-state index is 0.0595. The normalized spacial score (nSPS) is 23.7. The van der Waals surface area contributed by atoms with Crippen LogP contribution in [0.25, 0.3) is 0 Å². The van der Waals surface area contributed by atoms with Gasteiger partial charge < -0.3 is 15.8 Å². The van der Waals surface area contributed by atoms with Gasteiger partial charge in [-0.05, 0) is 43.9 Å². The van der Waals surface area contributed by atoms with Gasteiger partial charge in [0.25, 0.3) is 5.91 Å². The summed E-state index contributed by atoms with van der Waals surface area (Å²) >= 11 is 0. The summed E-state index contributed by atoms with van der Waals surface area (Å²) < 4.78 is 5.64. The van der Waals surface area contributed by atoms with E-state index in [0.717, 1.165) is 30.5 Å². The summed E-state index contributed by atoms with van der Waals surface area (Å²) in [4.78, 5) is 12.0. The molecular weight excluding hydrogens is 228 g/mol.